The smallest absolute Gasteiger partial charge is 0.188 e. The fourth-order valence-electron chi connectivity index (χ4n) is 3.05. The number of benzene rings is 2. The van der Waals surface area contributed by atoms with Crippen LogP contribution in [-0.4, -0.2) is 26.1 Å². The number of methoxy groups -OCH3 is 2. The van der Waals surface area contributed by atoms with E-state index in [2.05, 4.69) is 19.9 Å². The van der Waals surface area contributed by atoms with Gasteiger partial charge in [0.05, 0.1) is 13.2 Å². The molecule has 0 saturated carbocycles. The second kappa shape index (κ2) is 8.90. The summed E-state index contributed by atoms with van der Waals surface area (Å²) in [5.74, 6) is 1.31. The van der Waals surface area contributed by atoms with Crippen LogP contribution in [0, 0.1) is 0 Å². The van der Waals surface area contributed by atoms with E-state index in [1.165, 1.54) is 5.56 Å². The average Bonchev–Trinajstić information content (AvgIpc) is 2.62. The maximum absolute atomic E-state index is 10.7. The van der Waals surface area contributed by atoms with Crippen LogP contribution in [0.3, 0.4) is 0 Å². The lowest BCUT2D eigenvalue weighted by molar-refractivity contribution is 0.0502. The molecule has 0 radical (unpaired) electrons. The molecule has 0 spiro atoms. The number of aryl methyl sites for hydroxylation is 1. The summed E-state index contributed by atoms with van der Waals surface area (Å²) < 4.78 is 16.4. The van der Waals surface area contributed by atoms with Crippen LogP contribution in [0.2, 0.25) is 0 Å². The van der Waals surface area contributed by atoms with Gasteiger partial charge in [0.1, 0.15) is 0 Å². The summed E-state index contributed by atoms with van der Waals surface area (Å²) in [4.78, 5) is 0. The third-order valence-electron chi connectivity index (χ3n) is 4.31. The lowest BCUT2D eigenvalue weighted by Gasteiger charge is -2.20. The molecule has 4 heteroatoms. The third-order valence-corrected chi connectivity index (χ3v) is 4.31. The second-order valence-electron chi connectivity index (χ2n) is 5.90. The van der Waals surface area contributed by atoms with Crippen LogP contribution >= 0.6 is 0 Å². The highest BCUT2D eigenvalue weighted by atomic mass is 16.7. The van der Waals surface area contributed by atoms with Gasteiger partial charge in [0.25, 0.3) is 0 Å². The first-order valence-corrected chi connectivity index (χ1v) is 8.60. The van der Waals surface area contributed by atoms with Crippen LogP contribution in [0.15, 0.2) is 24.3 Å². The van der Waals surface area contributed by atoms with Gasteiger partial charge in [-0.05, 0) is 35.4 Å². The van der Waals surface area contributed by atoms with Crippen molar-refractivity contribution in [2.24, 2.45) is 0 Å². The minimum absolute atomic E-state index is 0.154. The Bertz CT molecular complexity index is 666. The van der Waals surface area contributed by atoms with Crippen molar-refractivity contribution in [3.8, 4) is 11.5 Å². The molecule has 2 aromatic rings. The minimum atomic E-state index is -0.509. The molecule has 0 fully saturated rings. The molecule has 0 saturated heterocycles. The van der Waals surface area contributed by atoms with Gasteiger partial charge in [-0.3, -0.25) is 0 Å². The van der Waals surface area contributed by atoms with Gasteiger partial charge in [-0.2, -0.15) is 0 Å². The number of aliphatic hydroxyl groups excluding tert-OH is 1. The molecule has 4 nitrogen and oxygen atoms in total. The Labute approximate surface area is 144 Å². The van der Waals surface area contributed by atoms with E-state index in [-0.39, 0.29) is 6.79 Å². The SMILES string of the molecule is CCCCC(O)c1cc(OC)c(OCOC)c2c(CC)cccc12. The van der Waals surface area contributed by atoms with E-state index in [1.807, 2.05) is 18.2 Å². The van der Waals surface area contributed by atoms with Crippen molar-refractivity contribution < 1.29 is 19.3 Å². The normalized spacial score (nSPS) is 12.4. The van der Waals surface area contributed by atoms with Gasteiger partial charge in [-0.15, -0.1) is 0 Å². The first kappa shape index (κ1) is 18.6. The van der Waals surface area contributed by atoms with Gasteiger partial charge in [0.2, 0.25) is 0 Å². The minimum Gasteiger partial charge on any atom is -0.493 e. The Kier molecular flexibility index (Phi) is 6.88. The fourth-order valence-corrected chi connectivity index (χ4v) is 3.05. The molecule has 0 aromatic heterocycles. The third kappa shape index (κ3) is 3.82. The van der Waals surface area contributed by atoms with Gasteiger partial charge in [-0.25, -0.2) is 0 Å². The number of rotatable bonds is 9. The maximum Gasteiger partial charge on any atom is 0.188 e. The zero-order valence-electron chi connectivity index (χ0n) is 15.1. The van der Waals surface area contributed by atoms with E-state index in [1.54, 1.807) is 14.2 Å². The van der Waals surface area contributed by atoms with Gasteiger partial charge in [0, 0.05) is 12.5 Å². The van der Waals surface area contributed by atoms with E-state index in [4.69, 9.17) is 14.2 Å². The molecule has 0 bridgehead atoms. The molecule has 0 aliphatic heterocycles. The molecule has 0 heterocycles. The average molecular weight is 332 g/mol. The van der Waals surface area contributed by atoms with Crippen LogP contribution in [0.25, 0.3) is 10.8 Å². The summed E-state index contributed by atoms with van der Waals surface area (Å²) in [6.45, 7) is 4.39. The van der Waals surface area contributed by atoms with Gasteiger partial charge in [0.15, 0.2) is 18.3 Å². The lowest BCUT2D eigenvalue weighted by Crippen LogP contribution is -2.06. The second-order valence-corrected chi connectivity index (χ2v) is 5.90. The molecule has 1 atom stereocenters. The highest BCUT2D eigenvalue weighted by Crippen LogP contribution is 2.42. The molecular formula is C20H28O4. The lowest BCUT2D eigenvalue weighted by atomic mass is 9.93. The Hall–Kier alpha value is -1.78. The number of hydrogen-bond acceptors (Lipinski definition) is 4. The van der Waals surface area contributed by atoms with Crippen LogP contribution in [0.5, 0.6) is 11.5 Å². The predicted octanol–water partition coefficient (Wildman–Crippen LogP) is 4.62. The molecule has 2 rings (SSSR count). The summed E-state index contributed by atoms with van der Waals surface area (Å²) in [6, 6.07) is 8.05. The quantitative estimate of drug-likeness (QED) is 0.681. The molecule has 0 aliphatic rings. The van der Waals surface area contributed by atoms with Crippen molar-refractivity contribution in [3.05, 3.63) is 35.4 Å². The number of unbranched alkanes of at least 4 members (excludes halogenated alkanes) is 1. The zero-order chi connectivity index (χ0) is 17.5. The monoisotopic (exact) mass is 332 g/mol. The summed E-state index contributed by atoms with van der Waals surface area (Å²) in [5.41, 5.74) is 2.07. The van der Waals surface area contributed by atoms with E-state index in [9.17, 15) is 5.11 Å². The Morgan fingerprint density at radius 1 is 1.17 bits per heavy atom. The predicted molar refractivity (Wildman–Crippen MR) is 96.9 cm³/mol. The standard InChI is InChI=1S/C20H28O4/c1-5-7-11-17(21)16-12-18(23-4)20(24-13-22-3)19-14(6-2)9-8-10-15(16)19/h8-10,12,17,21H,5-7,11,13H2,1-4H3. The molecule has 0 aliphatic carbocycles. The van der Waals surface area contributed by atoms with Gasteiger partial charge in [-0.1, -0.05) is 44.9 Å². The molecule has 1 unspecified atom stereocenters. The summed E-state index contributed by atoms with van der Waals surface area (Å²) >= 11 is 0. The van der Waals surface area contributed by atoms with Crippen molar-refractivity contribution in [2.45, 2.75) is 45.6 Å². The Morgan fingerprint density at radius 2 is 1.96 bits per heavy atom. The molecule has 2 aromatic carbocycles. The largest absolute Gasteiger partial charge is 0.493 e. The van der Waals surface area contributed by atoms with Crippen LogP contribution in [0.1, 0.15) is 50.3 Å². The van der Waals surface area contributed by atoms with Crippen LogP contribution < -0.4 is 9.47 Å². The van der Waals surface area contributed by atoms with Crippen LogP contribution in [-0.2, 0) is 11.2 Å². The first-order valence-electron chi connectivity index (χ1n) is 8.60. The fraction of sp³-hybridized carbons (Fsp3) is 0.500. The number of ether oxygens (including phenoxy) is 3. The van der Waals surface area contributed by atoms with Gasteiger partial charge >= 0.3 is 0 Å². The summed E-state index contributed by atoms with van der Waals surface area (Å²) in [7, 11) is 3.22. The van der Waals surface area contributed by atoms with E-state index in [0.717, 1.165) is 42.0 Å². The summed E-state index contributed by atoms with van der Waals surface area (Å²) in [6.07, 6.45) is 3.15. The van der Waals surface area contributed by atoms with E-state index >= 15 is 0 Å². The molecule has 1 N–H and O–H groups in total. The number of aliphatic hydroxyl groups is 1. The zero-order valence-corrected chi connectivity index (χ0v) is 15.1. The molecule has 0 amide bonds. The number of hydrogen-bond donors (Lipinski definition) is 1. The molecule has 132 valence electrons. The van der Waals surface area contributed by atoms with Crippen molar-refractivity contribution in [1.29, 1.82) is 0 Å². The van der Waals surface area contributed by atoms with E-state index < -0.39 is 6.10 Å². The van der Waals surface area contributed by atoms with Crippen molar-refractivity contribution >= 4 is 10.8 Å². The van der Waals surface area contributed by atoms with Crippen LogP contribution in [0.4, 0.5) is 0 Å². The van der Waals surface area contributed by atoms with Gasteiger partial charge < -0.3 is 19.3 Å². The highest BCUT2D eigenvalue weighted by Gasteiger charge is 2.20. The molecular weight excluding hydrogens is 304 g/mol. The topological polar surface area (TPSA) is 47.9 Å². The molecule has 24 heavy (non-hydrogen) atoms. The Balaban J connectivity index is 2.68. The maximum atomic E-state index is 10.7. The van der Waals surface area contributed by atoms with Crippen molar-refractivity contribution in [2.75, 3.05) is 21.0 Å². The van der Waals surface area contributed by atoms with E-state index in [0.29, 0.717) is 11.5 Å². The van der Waals surface area contributed by atoms with Crippen molar-refractivity contribution in [3.63, 3.8) is 0 Å². The van der Waals surface area contributed by atoms with Crippen molar-refractivity contribution in [1.82, 2.24) is 0 Å². The first-order chi connectivity index (χ1) is 11.7. The number of fused-ring (bicyclic) bond motifs is 1. The highest BCUT2D eigenvalue weighted by molar-refractivity contribution is 5.96. The Morgan fingerprint density at radius 3 is 2.58 bits per heavy atom. The summed E-state index contributed by atoms with van der Waals surface area (Å²) in [5, 5.41) is 12.7.